The molecule has 0 aliphatic heterocycles. The van der Waals surface area contributed by atoms with Crippen molar-refractivity contribution in [1.82, 2.24) is 0 Å². The van der Waals surface area contributed by atoms with Gasteiger partial charge in [0.2, 0.25) is 0 Å². The zero-order valence-corrected chi connectivity index (χ0v) is 10.6. The largest absolute Gasteiger partial charge is 0.224 e. The first-order valence-electron chi connectivity index (χ1n) is 5.31. The molecule has 0 atom stereocenters. The van der Waals surface area contributed by atoms with Gasteiger partial charge in [-0.3, -0.25) is 0 Å². The average molecular weight is 257 g/mol. The third kappa shape index (κ3) is 2.58. The highest BCUT2D eigenvalue weighted by Gasteiger charge is 2.06. The lowest BCUT2D eigenvalue weighted by Gasteiger charge is -2.03. The van der Waals surface area contributed by atoms with Gasteiger partial charge in [0.15, 0.2) is 9.84 Å². The molecule has 0 saturated carbocycles. The van der Waals surface area contributed by atoms with Gasteiger partial charge < -0.3 is 0 Å². The smallest absolute Gasteiger partial charge is 0.175 e. The third-order valence-corrected chi connectivity index (χ3v) is 3.74. The molecule has 0 aromatic heterocycles. The lowest BCUT2D eigenvalue weighted by molar-refractivity contribution is 0.602. The normalized spacial score (nSPS) is 10.9. The molecule has 2 aromatic carbocycles. The maximum atomic E-state index is 11.3. The Morgan fingerprint density at radius 2 is 1.67 bits per heavy atom. The molecule has 0 heterocycles. The molecule has 0 unspecified atom stereocenters. The Kier molecular flexibility index (Phi) is 3.17. The van der Waals surface area contributed by atoms with E-state index in [2.05, 4.69) is 6.07 Å². The van der Waals surface area contributed by atoms with Gasteiger partial charge in [-0.15, -0.1) is 0 Å². The highest BCUT2D eigenvalue weighted by Crippen LogP contribution is 2.22. The second kappa shape index (κ2) is 4.63. The molecule has 0 N–H and O–H groups in total. The van der Waals surface area contributed by atoms with E-state index in [9.17, 15) is 8.42 Å². The van der Waals surface area contributed by atoms with E-state index in [-0.39, 0.29) is 0 Å². The summed E-state index contributed by atoms with van der Waals surface area (Å²) >= 11 is 0. The Labute approximate surface area is 106 Å². The monoisotopic (exact) mass is 257 g/mol. The maximum Gasteiger partial charge on any atom is 0.175 e. The van der Waals surface area contributed by atoms with Crippen LogP contribution in [0.1, 0.15) is 5.56 Å². The SMILES string of the molecule is CS(=O)(=O)c1ccc(-c2cccc(C#N)c2)cc1. The van der Waals surface area contributed by atoms with Gasteiger partial charge in [-0.25, -0.2) is 8.42 Å². The first-order chi connectivity index (χ1) is 8.50. The lowest BCUT2D eigenvalue weighted by atomic mass is 10.0. The summed E-state index contributed by atoms with van der Waals surface area (Å²) < 4.78 is 22.7. The van der Waals surface area contributed by atoms with Gasteiger partial charge in [0.05, 0.1) is 16.5 Å². The van der Waals surface area contributed by atoms with E-state index < -0.39 is 9.84 Å². The molecule has 4 heteroatoms. The topological polar surface area (TPSA) is 57.9 Å². The minimum absolute atomic E-state index is 0.294. The quantitative estimate of drug-likeness (QED) is 0.831. The number of hydrogen-bond acceptors (Lipinski definition) is 3. The average Bonchev–Trinajstić information content (AvgIpc) is 2.38. The number of rotatable bonds is 2. The van der Waals surface area contributed by atoms with Gasteiger partial charge in [-0.05, 0) is 35.4 Å². The molecular formula is C14H11NO2S. The van der Waals surface area contributed by atoms with Crippen molar-refractivity contribution in [2.45, 2.75) is 4.90 Å². The molecular weight excluding hydrogens is 246 g/mol. The first-order valence-corrected chi connectivity index (χ1v) is 7.20. The van der Waals surface area contributed by atoms with Gasteiger partial charge >= 0.3 is 0 Å². The van der Waals surface area contributed by atoms with Crippen LogP contribution >= 0.6 is 0 Å². The fourth-order valence-corrected chi connectivity index (χ4v) is 2.29. The van der Waals surface area contributed by atoms with E-state index >= 15 is 0 Å². The highest BCUT2D eigenvalue weighted by molar-refractivity contribution is 7.90. The number of hydrogen-bond donors (Lipinski definition) is 0. The number of sulfone groups is 1. The summed E-state index contributed by atoms with van der Waals surface area (Å²) in [6.07, 6.45) is 1.18. The van der Waals surface area contributed by atoms with Crippen molar-refractivity contribution in [3.63, 3.8) is 0 Å². The molecule has 0 bridgehead atoms. The molecule has 0 amide bonds. The second-order valence-corrected chi connectivity index (χ2v) is 6.00. The van der Waals surface area contributed by atoms with Gasteiger partial charge in [-0.1, -0.05) is 24.3 Å². The molecule has 0 fully saturated rings. The molecule has 0 aliphatic rings. The Balaban J connectivity index is 2.44. The standard InChI is InChI=1S/C14H11NO2S/c1-18(16,17)14-7-5-12(6-8-14)13-4-2-3-11(9-13)10-15/h2-9H,1H3. The van der Waals surface area contributed by atoms with Crippen molar-refractivity contribution < 1.29 is 8.42 Å². The van der Waals surface area contributed by atoms with Crippen LogP contribution in [-0.4, -0.2) is 14.7 Å². The van der Waals surface area contributed by atoms with Gasteiger partial charge in [0.25, 0.3) is 0 Å². The molecule has 0 radical (unpaired) electrons. The predicted octanol–water partition coefficient (Wildman–Crippen LogP) is 2.63. The Bertz CT molecular complexity index is 710. The van der Waals surface area contributed by atoms with Crippen molar-refractivity contribution in [2.24, 2.45) is 0 Å². The number of benzene rings is 2. The van der Waals surface area contributed by atoms with Crippen LogP contribution in [0.15, 0.2) is 53.4 Å². The van der Waals surface area contributed by atoms with Crippen LogP contribution in [0.3, 0.4) is 0 Å². The van der Waals surface area contributed by atoms with Crippen molar-refractivity contribution in [1.29, 1.82) is 5.26 Å². The molecule has 90 valence electrons. The van der Waals surface area contributed by atoms with Crippen molar-refractivity contribution in [2.75, 3.05) is 6.26 Å². The van der Waals surface area contributed by atoms with Crippen molar-refractivity contribution in [3.05, 3.63) is 54.1 Å². The van der Waals surface area contributed by atoms with Crippen LogP contribution in [0, 0.1) is 11.3 Å². The minimum atomic E-state index is -3.17. The van der Waals surface area contributed by atoms with E-state index in [1.54, 1.807) is 42.5 Å². The summed E-state index contributed by atoms with van der Waals surface area (Å²) in [7, 11) is -3.17. The maximum absolute atomic E-state index is 11.3. The Morgan fingerprint density at radius 3 is 2.22 bits per heavy atom. The van der Waals surface area contributed by atoms with Crippen LogP contribution in [0.5, 0.6) is 0 Å². The van der Waals surface area contributed by atoms with E-state index in [1.165, 1.54) is 6.26 Å². The Morgan fingerprint density at radius 1 is 1.00 bits per heavy atom. The van der Waals surface area contributed by atoms with Crippen LogP contribution in [0.2, 0.25) is 0 Å². The molecule has 3 nitrogen and oxygen atoms in total. The van der Waals surface area contributed by atoms with Gasteiger partial charge in [0, 0.05) is 6.26 Å². The summed E-state index contributed by atoms with van der Waals surface area (Å²) in [5, 5.41) is 8.83. The Hall–Kier alpha value is -2.12. The van der Waals surface area contributed by atoms with E-state index in [0.717, 1.165) is 11.1 Å². The van der Waals surface area contributed by atoms with Crippen LogP contribution in [0.25, 0.3) is 11.1 Å². The van der Waals surface area contributed by atoms with E-state index in [0.29, 0.717) is 10.5 Å². The second-order valence-electron chi connectivity index (χ2n) is 3.99. The van der Waals surface area contributed by atoms with Crippen LogP contribution in [-0.2, 0) is 9.84 Å². The van der Waals surface area contributed by atoms with Gasteiger partial charge in [0.1, 0.15) is 0 Å². The lowest BCUT2D eigenvalue weighted by Crippen LogP contribution is -1.96. The molecule has 0 saturated heterocycles. The molecule has 2 aromatic rings. The van der Waals surface area contributed by atoms with E-state index in [1.807, 2.05) is 6.07 Å². The minimum Gasteiger partial charge on any atom is -0.224 e. The van der Waals surface area contributed by atoms with Crippen molar-refractivity contribution in [3.8, 4) is 17.2 Å². The molecule has 18 heavy (non-hydrogen) atoms. The summed E-state index contributed by atoms with van der Waals surface area (Å²) in [4.78, 5) is 0.294. The molecule has 0 spiro atoms. The number of nitrogens with zero attached hydrogens (tertiary/aromatic N) is 1. The fourth-order valence-electron chi connectivity index (χ4n) is 1.66. The fraction of sp³-hybridized carbons (Fsp3) is 0.0714. The molecule has 2 rings (SSSR count). The number of nitriles is 1. The predicted molar refractivity (Wildman–Crippen MR) is 69.7 cm³/mol. The summed E-state index contributed by atoms with van der Waals surface area (Å²) in [5.41, 5.74) is 2.37. The zero-order chi connectivity index (χ0) is 13.2. The summed E-state index contributed by atoms with van der Waals surface area (Å²) in [6, 6.07) is 15.9. The van der Waals surface area contributed by atoms with Crippen molar-refractivity contribution >= 4 is 9.84 Å². The molecule has 0 aliphatic carbocycles. The van der Waals surface area contributed by atoms with E-state index in [4.69, 9.17) is 5.26 Å². The third-order valence-electron chi connectivity index (χ3n) is 2.61. The van der Waals surface area contributed by atoms with Crippen LogP contribution in [0.4, 0.5) is 0 Å². The summed E-state index contributed by atoms with van der Waals surface area (Å²) in [6.45, 7) is 0. The van der Waals surface area contributed by atoms with Crippen LogP contribution < -0.4 is 0 Å². The highest BCUT2D eigenvalue weighted by atomic mass is 32.2. The zero-order valence-electron chi connectivity index (χ0n) is 9.79. The first kappa shape index (κ1) is 12.3. The van der Waals surface area contributed by atoms with Gasteiger partial charge in [-0.2, -0.15) is 5.26 Å². The summed E-state index contributed by atoms with van der Waals surface area (Å²) in [5.74, 6) is 0.